The standard InChI is InChI=1S/C15H17BrN4O/c16-12-2-4-20-9-13(17-6-14(12)20)15(21)18-11-5-10-1-3-19(7-10)8-11/h2,4,6,9-11H,1,3,5,7-8H2,(H,18,21)/t10-,11+/m0/s1. The van der Waals surface area contributed by atoms with Crippen LogP contribution in [-0.4, -0.2) is 45.9 Å². The van der Waals surface area contributed by atoms with Crippen LogP contribution in [0.5, 0.6) is 0 Å². The molecule has 4 rings (SSSR count). The first kappa shape index (κ1) is 13.3. The fourth-order valence-corrected chi connectivity index (χ4v) is 3.94. The number of piperidine rings is 1. The van der Waals surface area contributed by atoms with E-state index >= 15 is 0 Å². The monoisotopic (exact) mass is 348 g/mol. The molecule has 2 saturated heterocycles. The van der Waals surface area contributed by atoms with Crippen LogP contribution in [0.3, 0.4) is 0 Å². The van der Waals surface area contributed by atoms with Crippen molar-refractivity contribution in [3.05, 3.63) is 34.8 Å². The maximum atomic E-state index is 12.4. The van der Waals surface area contributed by atoms with E-state index in [1.165, 1.54) is 19.5 Å². The summed E-state index contributed by atoms with van der Waals surface area (Å²) < 4.78 is 2.90. The van der Waals surface area contributed by atoms with Crippen LogP contribution in [-0.2, 0) is 0 Å². The Morgan fingerprint density at radius 2 is 2.33 bits per heavy atom. The van der Waals surface area contributed by atoms with Crippen LogP contribution in [0.15, 0.2) is 29.1 Å². The maximum Gasteiger partial charge on any atom is 0.271 e. The molecule has 2 bridgehead atoms. The smallest absolute Gasteiger partial charge is 0.271 e. The Kier molecular flexibility index (Phi) is 3.23. The highest BCUT2D eigenvalue weighted by Crippen LogP contribution is 2.26. The third kappa shape index (κ3) is 2.46. The number of rotatable bonds is 2. The van der Waals surface area contributed by atoms with Crippen LogP contribution in [0, 0.1) is 5.92 Å². The number of nitrogens with zero attached hydrogens (tertiary/aromatic N) is 3. The first-order chi connectivity index (χ1) is 10.2. The number of nitrogens with one attached hydrogen (secondary N) is 1. The minimum atomic E-state index is -0.0748. The van der Waals surface area contributed by atoms with Crippen molar-refractivity contribution in [2.75, 3.05) is 19.6 Å². The lowest BCUT2D eigenvalue weighted by atomic mass is 9.97. The number of carbonyl (C=O) groups is 1. The van der Waals surface area contributed by atoms with E-state index in [-0.39, 0.29) is 11.9 Å². The molecule has 2 aromatic rings. The van der Waals surface area contributed by atoms with Gasteiger partial charge < -0.3 is 14.6 Å². The molecule has 1 amide bonds. The van der Waals surface area contributed by atoms with Gasteiger partial charge in [0.15, 0.2) is 0 Å². The minimum Gasteiger partial charge on any atom is -0.347 e. The molecule has 0 aromatic carbocycles. The maximum absolute atomic E-state index is 12.4. The zero-order valence-corrected chi connectivity index (χ0v) is 13.2. The predicted molar refractivity (Wildman–Crippen MR) is 83.3 cm³/mol. The molecule has 2 fully saturated rings. The van der Waals surface area contributed by atoms with Crippen LogP contribution in [0.1, 0.15) is 23.3 Å². The molecule has 2 aliphatic rings. The molecule has 3 atom stereocenters. The number of aromatic nitrogens is 2. The average Bonchev–Trinajstić information content (AvgIpc) is 3.02. The molecule has 0 saturated carbocycles. The highest BCUT2D eigenvalue weighted by molar-refractivity contribution is 9.10. The van der Waals surface area contributed by atoms with Crippen molar-refractivity contribution in [2.45, 2.75) is 18.9 Å². The molecule has 1 N–H and O–H groups in total. The molecule has 0 radical (unpaired) electrons. The summed E-state index contributed by atoms with van der Waals surface area (Å²) in [4.78, 5) is 19.1. The topological polar surface area (TPSA) is 49.6 Å². The van der Waals surface area contributed by atoms with Crippen LogP contribution in [0.4, 0.5) is 0 Å². The van der Waals surface area contributed by atoms with Crippen LogP contribution < -0.4 is 5.32 Å². The number of fused-ring (bicyclic) bond motifs is 3. The van der Waals surface area contributed by atoms with Crippen molar-refractivity contribution in [1.29, 1.82) is 0 Å². The molecule has 5 nitrogen and oxygen atoms in total. The molecule has 0 aliphatic carbocycles. The third-order valence-electron chi connectivity index (χ3n) is 4.53. The zero-order chi connectivity index (χ0) is 14.4. The zero-order valence-electron chi connectivity index (χ0n) is 11.6. The second kappa shape index (κ2) is 5.10. The van der Waals surface area contributed by atoms with Crippen molar-refractivity contribution < 1.29 is 4.79 Å². The molecule has 6 heteroatoms. The van der Waals surface area contributed by atoms with Gasteiger partial charge in [0, 0.05) is 36.0 Å². The Morgan fingerprint density at radius 3 is 3.19 bits per heavy atom. The van der Waals surface area contributed by atoms with Crippen molar-refractivity contribution in [3.8, 4) is 0 Å². The van der Waals surface area contributed by atoms with E-state index in [0.29, 0.717) is 5.69 Å². The van der Waals surface area contributed by atoms with Gasteiger partial charge in [-0.15, -0.1) is 0 Å². The van der Waals surface area contributed by atoms with E-state index in [2.05, 4.69) is 31.1 Å². The summed E-state index contributed by atoms with van der Waals surface area (Å²) >= 11 is 3.46. The Balaban J connectivity index is 1.50. The molecule has 21 heavy (non-hydrogen) atoms. The largest absolute Gasteiger partial charge is 0.347 e. The first-order valence-corrected chi connectivity index (χ1v) is 8.14. The van der Waals surface area contributed by atoms with Gasteiger partial charge in [-0.05, 0) is 47.3 Å². The van der Waals surface area contributed by atoms with Crippen molar-refractivity contribution >= 4 is 27.4 Å². The van der Waals surface area contributed by atoms with Crippen molar-refractivity contribution in [1.82, 2.24) is 19.6 Å². The van der Waals surface area contributed by atoms with Gasteiger partial charge in [0.2, 0.25) is 0 Å². The third-order valence-corrected chi connectivity index (χ3v) is 5.20. The van der Waals surface area contributed by atoms with E-state index < -0.39 is 0 Å². The molecular weight excluding hydrogens is 332 g/mol. The number of amides is 1. The second-order valence-corrected chi connectivity index (χ2v) is 6.90. The van der Waals surface area contributed by atoms with Gasteiger partial charge in [0.1, 0.15) is 5.69 Å². The van der Waals surface area contributed by atoms with Gasteiger partial charge in [-0.1, -0.05) is 0 Å². The number of halogens is 1. The second-order valence-electron chi connectivity index (χ2n) is 6.05. The van der Waals surface area contributed by atoms with Gasteiger partial charge in [0.05, 0.1) is 11.7 Å². The summed E-state index contributed by atoms with van der Waals surface area (Å²) in [6.07, 6.45) is 7.80. The van der Waals surface area contributed by atoms with E-state index in [1.54, 1.807) is 12.4 Å². The van der Waals surface area contributed by atoms with Gasteiger partial charge in [-0.2, -0.15) is 0 Å². The lowest BCUT2D eigenvalue weighted by molar-refractivity contribution is 0.0904. The fraction of sp³-hybridized carbons (Fsp3) is 0.467. The summed E-state index contributed by atoms with van der Waals surface area (Å²) in [6.45, 7) is 3.35. The van der Waals surface area contributed by atoms with Crippen LogP contribution in [0.2, 0.25) is 0 Å². The lowest BCUT2D eigenvalue weighted by Gasteiger charge is -2.30. The summed E-state index contributed by atoms with van der Waals surface area (Å²) in [5, 5.41) is 3.14. The van der Waals surface area contributed by atoms with E-state index in [1.807, 2.05) is 16.7 Å². The summed E-state index contributed by atoms with van der Waals surface area (Å²) in [6, 6.07) is 2.21. The van der Waals surface area contributed by atoms with Crippen molar-refractivity contribution in [3.63, 3.8) is 0 Å². The Labute approximate surface area is 131 Å². The van der Waals surface area contributed by atoms with E-state index in [0.717, 1.165) is 28.9 Å². The highest BCUT2D eigenvalue weighted by Gasteiger charge is 2.33. The molecule has 0 spiro atoms. The number of hydrogen-bond donors (Lipinski definition) is 1. The summed E-state index contributed by atoms with van der Waals surface area (Å²) in [7, 11) is 0. The molecule has 2 aromatic heterocycles. The van der Waals surface area contributed by atoms with E-state index in [9.17, 15) is 4.79 Å². The fourth-order valence-electron chi connectivity index (χ4n) is 3.51. The normalized spacial score (nSPS) is 28.0. The van der Waals surface area contributed by atoms with Gasteiger partial charge in [0.25, 0.3) is 5.91 Å². The SMILES string of the molecule is O=C(N[C@@H]1C[C@@H]2CCN(C2)C1)c1cn2ccc(Br)c2cn1. The average molecular weight is 349 g/mol. The van der Waals surface area contributed by atoms with Crippen molar-refractivity contribution in [2.24, 2.45) is 5.92 Å². The Hall–Kier alpha value is -1.40. The number of carbonyl (C=O) groups excluding carboxylic acids is 1. The molecule has 2 aliphatic heterocycles. The van der Waals surface area contributed by atoms with Crippen LogP contribution in [0.25, 0.3) is 5.52 Å². The van der Waals surface area contributed by atoms with E-state index in [4.69, 9.17) is 0 Å². The first-order valence-electron chi connectivity index (χ1n) is 7.34. The molecule has 1 unspecified atom stereocenters. The Morgan fingerprint density at radius 1 is 1.43 bits per heavy atom. The molecule has 110 valence electrons. The molecule has 4 heterocycles. The minimum absolute atomic E-state index is 0.0748. The highest BCUT2D eigenvalue weighted by atomic mass is 79.9. The molecular formula is C15H17BrN4O. The quantitative estimate of drug-likeness (QED) is 0.901. The lowest BCUT2D eigenvalue weighted by Crippen LogP contribution is -2.47. The summed E-state index contributed by atoms with van der Waals surface area (Å²) in [5.74, 6) is 0.675. The predicted octanol–water partition coefficient (Wildman–Crippen LogP) is 1.92. The summed E-state index contributed by atoms with van der Waals surface area (Å²) in [5.41, 5.74) is 1.44. The van der Waals surface area contributed by atoms with Gasteiger partial charge in [-0.3, -0.25) is 4.79 Å². The Bertz CT molecular complexity index is 686. The van der Waals surface area contributed by atoms with Crippen LogP contribution >= 0.6 is 15.9 Å². The van der Waals surface area contributed by atoms with Gasteiger partial charge >= 0.3 is 0 Å². The van der Waals surface area contributed by atoms with Gasteiger partial charge in [-0.25, -0.2) is 4.98 Å². The number of hydrogen-bond acceptors (Lipinski definition) is 3.